The molecule has 0 atom stereocenters. The predicted molar refractivity (Wildman–Crippen MR) is 106 cm³/mol. The molecule has 3 rings (SSSR count). The normalized spacial score (nSPS) is 10.4. The van der Waals surface area contributed by atoms with Crippen molar-refractivity contribution in [2.75, 3.05) is 24.3 Å². The maximum atomic E-state index is 5.38. The summed E-state index contributed by atoms with van der Waals surface area (Å²) in [5, 5.41) is 6.62. The van der Waals surface area contributed by atoms with E-state index >= 15 is 0 Å². The third kappa shape index (κ3) is 4.96. The van der Waals surface area contributed by atoms with E-state index in [1.165, 1.54) is 11.1 Å². The Labute approximate surface area is 154 Å². The number of ether oxygens (including phenoxy) is 1. The second-order valence-corrected chi connectivity index (χ2v) is 6.10. The lowest BCUT2D eigenvalue weighted by atomic mass is 10.1. The van der Waals surface area contributed by atoms with E-state index in [1.54, 1.807) is 13.3 Å². The molecular formula is C21H24N4O. The highest BCUT2D eigenvalue weighted by molar-refractivity contribution is 5.41. The number of nitrogens with zero attached hydrogens (tertiary/aromatic N) is 2. The molecule has 0 aliphatic rings. The molecule has 2 N–H and O–H groups in total. The van der Waals surface area contributed by atoms with Crippen LogP contribution in [0.15, 0.2) is 60.8 Å². The van der Waals surface area contributed by atoms with Gasteiger partial charge in [0.1, 0.15) is 11.6 Å². The fraction of sp³-hybridized carbons (Fsp3) is 0.238. The standard InChI is InChI=1S/C21H24N4O/c1-16-6-5-7-17(14-16)15-24-20-11-13-23-21(25-20)22-12-10-18-8-3-4-9-19(18)26-2/h3-9,11,13-14H,10,12,15H2,1-2H3,(H2,22,23,24,25). The zero-order valence-corrected chi connectivity index (χ0v) is 15.2. The number of aryl methyl sites for hydroxylation is 1. The second kappa shape index (κ2) is 8.85. The van der Waals surface area contributed by atoms with Gasteiger partial charge in [-0.05, 0) is 36.6 Å². The number of methoxy groups -OCH3 is 1. The van der Waals surface area contributed by atoms with Crippen molar-refractivity contribution in [3.63, 3.8) is 0 Å². The summed E-state index contributed by atoms with van der Waals surface area (Å²) in [6, 6.07) is 18.3. The summed E-state index contributed by atoms with van der Waals surface area (Å²) in [6.07, 6.45) is 2.60. The maximum Gasteiger partial charge on any atom is 0.224 e. The van der Waals surface area contributed by atoms with Crippen LogP contribution in [0.3, 0.4) is 0 Å². The minimum atomic E-state index is 0.620. The fourth-order valence-electron chi connectivity index (χ4n) is 2.78. The maximum absolute atomic E-state index is 5.38. The lowest BCUT2D eigenvalue weighted by molar-refractivity contribution is 0.410. The SMILES string of the molecule is COc1ccccc1CCNc1nccc(NCc2cccc(C)c2)n1. The third-order valence-corrected chi connectivity index (χ3v) is 4.08. The molecule has 0 spiro atoms. The molecule has 1 heterocycles. The molecule has 0 bridgehead atoms. The van der Waals surface area contributed by atoms with E-state index in [0.717, 1.165) is 36.6 Å². The van der Waals surface area contributed by atoms with Crippen LogP contribution < -0.4 is 15.4 Å². The molecule has 0 fully saturated rings. The number of hydrogen-bond donors (Lipinski definition) is 2. The Morgan fingerprint density at radius 2 is 1.88 bits per heavy atom. The first-order valence-corrected chi connectivity index (χ1v) is 8.73. The molecular weight excluding hydrogens is 324 g/mol. The summed E-state index contributed by atoms with van der Waals surface area (Å²) in [4.78, 5) is 8.81. The molecule has 0 unspecified atom stereocenters. The summed E-state index contributed by atoms with van der Waals surface area (Å²) in [7, 11) is 1.69. The molecule has 0 aliphatic carbocycles. The topological polar surface area (TPSA) is 59.1 Å². The molecule has 1 aromatic heterocycles. The van der Waals surface area contributed by atoms with Crippen molar-refractivity contribution in [1.82, 2.24) is 9.97 Å². The number of aromatic nitrogens is 2. The average Bonchev–Trinajstić information content (AvgIpc) is 2.67. The van der Waals surface area contributed by atoms with E-state index in [4.69, 9.17) is 4.74 Å². The molecule has 3 aromatic rings. The molecule has 5 nitrogen and oxygen atoms in total. The Hall–Kier alpha value is -3.08. The number of benzene rings is 2. The van der Waals surface area contributed by atoms with Crippen molar-refractivity contribution < 1.29 is 4.74 Å². The number of para-hydroxylation sites is 1. The van der Waals surface area contributed by atoms with Crippen molar-refractivity contribution in [3.05, 3.63) is 77.5 Å². The smallest absolute Gasteiger partial charge is 0.224 e. The van der Waals surface area contributed by atoms with E-state index in [-0.39, 0.29) is 0 Å². The van der Waals surface area contributed by atoms with Crippen LogP contribution in [-0.2, 0) is 13.0 Å². The molecule has 0 saturated heterocycles. The minimum Gasteiger partial charge on any atom is -0.496 e. The van der Waals surface area contributed by atoms with Crippen molar-refractivity contribution in [2.24, 2.45) is 0 Å². The van der Waals surface area contributed by atoms with Crippen LogP contribution in [0.1, 0.15) is 16.7 Å². The van der Waals surface area contributed by atoms with Gasteiger partial charge >= 0.3 is 0 Å². The van der Waals surface area contributed by atoms with Gasteiger partial charge in [-0.2, -0.15) is 4.98 Å². The van der Waals surface area contributed by atoms with Gasteiger partial charge < -0.3 is 15.4 Å². The van der Waals surface area contributed by atoms with E-state index in [9.17, 15) is 0 Å². The summed E-state index contributed by atoms with van der Waals surface area (Å²) in [5.74, 6) is 2.33. The van der Waals surface area contributed by atoms with Gasteiger partial charge in [0.05, 0.1) is 7.11 Å². The van der Waals surface area contributed by atoms with Gasteiger partial charge in [-0.3, -0.25) is 0 Å². The molecule has 26 heavy (non-hydrogen) atoms. The zero-order chi connectivity index (χ0) is 18.2. The van der Waals surface area contributed by atoms with E-state index in [1.807, 2.05) is 24.3 Å². The van der Waals surface area contributed by atoms with Gasteiger partial charge in [-0.15, -0.1) is 0 Å². The molecule has 134 valence electrons. The van der Waals surface area contributed by atoms with Crippen LogP contribution in [0.4, 0.5) is 11.8 Å². The van der Waals surface area contributed by atoms with Crippen LogP contribution in [0.5, 0.6) is 5.75 Å². The first-order chi connectivity index (χ1) is 12.7. The van der Waals surface area contributed by atoms with Gasteiger partial charge in [-0.1, -0.05) is 48.0 Å². The van der Waals surface area contributed by atoms with Crippen molar-refractivity contribution >= 4 is 11.8 Å². The summed E-state index contributed by atoms with van der Waals surface area (Å²) < 4.78 is 5.38. The minimum absolute atomic E-state index is 0.620. The van der Waals surface area contributed by atoms with Gasteiger partial charge in [0, 0.05) is 19.3 Å². The highest BCUT2D eigenvalue weighted by Crippen LogP contribution is 2.17. The van der Waals surface area contributed by atoms with Crippen LogP contribution in [0, 0.1) is 6.92 Å². The summed E-state index contributed by atoms with van der Waals surface area (Å²) in [6.45, 7) is 3.57. The molecule has 0 saturated carbocycles. The largest absolute Gasteiger partial charge is 0.496 e. The van der Waals surface area contributed by atoms with Crippen LogP contribution in [0.2, 0.25) is 0 Å². The lowest BCUT2D eigenvalue weighted by Crippen LogP contribution is -2.10. The van der Waals surface area contributed by atoms with Gasteiger partial charge in [-0.25, -0.2) is 4.98 Å². The lowest BCUT2D eigenvalue weighted by Gasteiger charge is -2.10. The predicted octanol–water partition coefficient (Wildman–Crippen LogP) is 4.06. The molecule has 5 heteroatoms. The van der Waals surface area contributed by atoms with Crippen molar-refractivity contribution in [2.45, 2.75) is 19.9 Å². The number of rotatable bonds is 8. The fourth-order valence-corrected chi connectivity index (χ4v) is 2.78. The Balaban J connectivity index is 1.54. The average molecular weight is 348 g/mol. The molecule has 0 radical (unpaired) electrons. The summed E-state index contributed by atoms with van der Waals surface area (Å²) >= 11 is 0. The Bertz CT molecular complexity index is 851. The Morgan fingerprint density at radius 1 is 1.00 bits per heavy atom. The summed E-state index contributed by atoms with van der Waals surface area (Å²) in [5.41, 5.74) is 3.65. The quantitative estimate of drug-likeness (QED) is 0.643. The number of hydrogen-bond acceptors (Lipinski definition) is 5. The highest BCUT2D eigenvalue weighted by atomic mass is 16.5. The van der Waals surface area contributed by atoms with E-state index < -0.39 is 0 Å². The van der Waals surface area contributed by atoms with Crippen LogP contribution in [0.25, 0.3) is 0 Å². The van der Waals surface area contributed by atoms with Gasteiger partial charge in [0.25, 0.3) is 0 Å². The number of anilines is 2. The highest BCUT2D eigenvalue weighted by Gasteiger charge is 2.03. The number of nitrogens with one attached hydrogen (secondary N) is 2. The van der Waals surface area contributed by atoms with Gasteiger partial charge in [0.15, 0.2) is 0 Å². The van der Waals surface area contributed by atoms with E-state index in [2.05, 4.69) is 57.9 Å². The second-order valence-electron chi connectivity index (χ2n) is 6.10. The Morgan fingerprint density at radius 3 is 2.73 bits per heavy atom. The van der Waals surface area contributed by atoms with Crippen molar-refractivity contribution in [1.29, 1.82) is 0 Å². The van der Waals surface area contributed by atoms with Crippen LogP contribution in [-0.4, -0.2) is 23.6 Å². The third-order valence-electron chi connectivity index (χ3n) is 4.08. The molecule has 0 aliphatic heterocycles. The first kappa shape index (κ1) is 17.7. The van der Waals surface area contributed by atoms with Crippen molar-refractivity contribution in [3.8, 4) is 5.75 Å². The monoisotopic (exact) mass is 348 g/mol. The van der Waals surface area contributed by atoms with E-state index in [0.29, 0.717) is 5.95 Å². The van der Waals surface area contributed by atoms with Gasteiger partial charge in [0.2, 0.25) is 5.95 Å². The first-order valence-electron chi connectivity index (χ1n) is 8.73. The molecule has 2 aromatic carbocycles. The Kier molecular flexibility index (Phi) is 6.04. The molecule has 0 amide bonds. The zero-order valence-electron chi connectivity index (χ0n) is 15.2. The van der Waals surface area contributed by atoms with Crippen LogP contribution >= 0.6 is 0 Å².